The lowest BCUT2D eigenvalue weighted by Gasteiger charge is -2.05. The molecule has 0 aliphatic carbocycles. The van der Waals surface area contributed by atoms with Crippen LogP contribution in [0.2, 0.25) is 0 Å². The Morgan fingerprint density at radius 1 is 1.23 bits per heavy atom. The summed E-state index contributed by atoms with van der Waals surface area (Å²) in [5.41, 5.74) is 0.627. The molecule has 1 aromatic heterocycles. The molecule has 2 aromatic rings. The van der Waals surface area contributed by atoms with Crippen LogP contribution in [0.3, 0.4) is 0 Å². The van der Waals surface area contributed by atoms with Crippen LogP contribution in [0.15, 0.2) is 51.5 Å². The van der Waals surface area contributed by atoms with Gasteiger partial charge in [0.25, 0.3) is 0 Å². The Bertz CT molecular complexity index is 879. The normalized spacial score (nSPS) is 15.0. The van der Waals surface area contributed by atoms with Gasteiger partial charge < -0.3 is 13.9 Å². The predicted octanol–water partition coefficient (Wildman–Crippen LogP) is 3.71. The first-order valence-electron chi connectivity index (χ1n) is 8.07. The molecule has 8 nitrogen and oxygen atoms in total. The van der Waals surface area contributed by atoms with Gasteiger partial charge in [0.1, 0.15) is 16.4 Å². The molecular formula is C18H16N2O6. The van der Waals surface area contributed by atoms with Crippen LogP contribution in [0, 0.1) is 10.1 Å². The van der Waals surface area contributed by atoms with Crippen LogP contribution in [0.1, 0.15) is 31.1 Å². The minimum Gasteiger partial charge on any atom is -0.494 e. The van der Waals surface area contributed by atoms with Crippen LogP contribution in [0.4, 0.5) is 5.88 Å². The molecule has 26 heavy (non-hydrogen) atoms. The SMILES string of the molecule is CCCCOc1ccc(C2=N/C(=C\c3ccc([N+](=O)[O-])o3)C(=O)O2)cc1. The Morgan fingerprint density at radius 3 is 2.65 bits per heavy atom. The maximum atomic E-state index is 11.9. The number of ether oxygens (including phenoxy) is 2. The number of benzene rings is 1. The Labute approximate surface area is 148 Å². The van der Waals surface area contributed by atoms with Gasteiger partial charge in [-0.1, -0.05) is 13.3 Å². The van der Waals surface area contributed by atoms with E-state index in [4.69, 9.17) is 13.9 Å². The lowest BCUT2D eigenvalue weighted by molar-refractivity contribution is -0.402. The molecule has 0 saturated heterocycles. The van der Waals surface area contributed by atoms with Crippen LogP contribution < -0.4 is 4.74 Å². The fourth-order valence-corrected chi connectivity index (χ4v) is 2.21. The second-order valence-electron chi connectivity index (χ2n) is 5.50. The summed E-state index contributed by atoms with van der Waals surface area (Å²) >= 11 is 0. The number of nitro groups is 1. The van der Waals surface area contributed by atoms with Gasteiger partial charge in [-0.3, -0.25) is 10.1 Å². The van der Waals surface area contributed by atoms with E-state index in [1.807, 2.05) is 0 Å². The Balaban J connectivity index is 1.74. The van der Waals surface area contributed by atoms with Crippen molar-refractivity contribution in [2.45, 2.75) is 19.8 Å². The van der Waals surface area contributed by atoms with Crippen LogP contribution in [0.5, 0.6) is 5.75 Å². The number of esters is 1. The van der Waals surface area contributed by atoms with Crippen molar-refractivity contribution in [3.8, 4) is 5.75 Å². The van der Waals surface area contributed by atoms with Gasteiger partial charge in [0, 0.05) is 11.6 Å². The first-order chi connectivity index (χ1) is 12.6. The molecule has 2 heterocycles. The fraction of sp³-hybridized carbons (Fsp3) is 0.222. The van der Waals surface area contributed by atoms with E-state index in [0.29, 0.717) is 12.2 Å². The molecule has 1 aliphatic rings. The largest absolute Gasteiger partial charge is 0.494 e. The minimum absolute atomic E-state index is 0.00696. The van der Waals surface area contributed by atoms with Crippen LogP contribution in [-0.4, -0.2) is 23.4 Å². The summed E-state index contributed by atoms with van der Waals surface area (Å²) in [5, 5.41) is 10.6. The quantitative estimate of drug-likeness (QED) is 0.246. The average Bonchev–Trinajstić information content (AvgIpc) is 3.24. The van der Waals surface area contributed by atoms with E-state index in [1.54, 1.807) is 24.3 Å². The van der Waals surface area contributed by atoms with Crippen molar-refractivity contribution in [1.29, 1.82) is 0 Å². The predicted molar refractivity (Wildman–Crippen MR) is 92.8 cm³/mol. The summed E-state index contributed by atoms with van der Waals surface area (Å²) in [5.74, 6) is -0.0325. The van der Waals surface area contributed by atoms with Gasteiger partial charge in [0.2, 0.25) is 5.90 Å². The van der Waals surface area contributed by atoms with Gasteiger partial charge in [-0.15, -0.1) is 0 Å². The van der Waals surface area contributed by atoms with Crippen molar-refractivity contribution in [1.82, 2.24) is 0 Å². The van der Waals surface area contributed by atoms with Crippen LogP contribution >= 0.6 is 0 Å². The Morgan fingerprint density at radius 2 is 2.00 bits per heavy atom. The molecule has 3 rings (SSSR count). The number of carbonyl (C=O) groups is 1. The second-order valence-corrected chi connectivity index (χ2v) is 5.50. The summed E-state index contributed by atoms with van der Waals surface area (Å²) < 4.78 is 15.7. The molecule has 0 saturated carbocycles. The molecule has 0 spiro atoms. The number of cyclic esters (lactones) is 1. The molecule has 0 amide bonds. The van der Waals surface area contributed by atoms with E-state index in [2.05, 4.69) is 11.9 Å². The molecule has 0 bridgehead atoms. The third-order valence-corrected chi connectivity index (χ3v) is 3.56. The summed E-state index contributed by atoms with van der Waals surface area (Å²) in [6.07, 6.45) is 3.33. The monoisotopic (exact) mass is 356 g/mol. The van der Waals surface area contributed by atoms with Gasteiger partial charge in [-0.25, -0.2) is 9.79 Å². The number of nitrogens with zero attached hydrogens (tertiary/aromatic N) is 2. The lowest BCUT2D eigenvalue weighted by Crippen LogP contribution is -2.05. The number of carbonyl (C=O) groups excluding carboxylic acids is 1. The number of hydrogen-bond acceptors (Lipinski definition) is 7. The average molecular weight is 356 g/mol. The number of unbranched alkanes of at least 4 members (excludes halogenated alkanes) is 1. The number of aliphatic imine (C=N–C) groups is 1. The maximum absolute atomic E-state index is 11.9. The summed E-state index contributed by atoms with van der Waals surface area (Å²) in [7, 11) is 0. The van der Waals surface area contributed by atoms with E-state index >= 15 is 0 Å². The first kappa shape index (κ1) is 17.4. The zero-order valence-corrected chi connectivity index (χ0v) is 14.0. The molecule has 1 aliphatic heterocycles. The summed E-state index contributed by atoms with van der Waals surface area (Å²) in [6, 6.07) is 9.63. The molecule has 0 unspecified atom stereocenters. The van der Waals surface area contributed by atoms with E-state index in [1.165, 1.54) is 18.2 Å². The van der Waals surface area contributed by atoms with E-state index < -0.39 is 16.8 Å². The number of hydrogen-bond donors (Lipinski definition) is 0. The highest BCUT2D eigenvalue weighted by atomic mass is 16.6. The smallest absolute Gasteiger partial charge is 0.433 e. The first-order valence-corrected chi connectivity index (χ1v) is 8.07. The highest BCUT2D eigenvalue weighted by molar-refractivity contribution is 6.12. The standard InChI is InChI=1S/C18H16N2O6/c1-2-3-10-24-13-6-4-12(5-7-13)17-19-15(18(21)26-17)11-14-8-9-16(25-14)20(22)23/h4-9,11H,2-3,10H2,1H3/b15-11-. The van der Waals surface area contributed by atoms with Crippen LogP contribution in [-0.2, 0) is 9.53 Å². The van der Waals surface area contributed by atoms with Crippen molar-refractivity contribution in [3.05, 3.63) is 63.5 Å². The lowest BCUT2D eigenvalue weighted by atomic mass is 10.2. The minimum atomic E-state index is -0.659. The van der Waals surface area contributed by atoms with Crippen molar-refractivity contribution >= 4 is 23.8 Å². The number of furan rings is 1. The van der Waals surface area contributed by atoms with Gasteiger partial charge in [0.15, 0.2) is 5.70 Å². The summed E-state index contributed by atoms with van der Waals surface area (Å²) in [4.78, 5) is 26.0. The highest BCUT2D eigenvalue weighted by Gasteiger charge is 2.25. The van der Waals surface area contributed by atoms with Crippen molar-refractivity contribution < 1.29 is 23.6 Å². The fourth-order valence-electron chi connectivity index (χ4n) is 2.21. The molecule has 134 valence electrons. The molecule has 0 N–H and O–H groups in total. The molecule has 0 fully saturated rings. The molecule has 8 heteroatoms. The Hall–Kier alpha value is -3.42. The van der Waals surface area contributed by atoms with E-state index in [0.717, 1.165) is 18.6 Å². The molecule has 0 atom stereocenters. The van der Waals surface area contributed by atoms with Crippen molar-refractivity contribution in [2.75, 3.05) is 6.61 Å². The van der Waals surface area contributed by atoms with Gasteiger partial charge in [-0.05, 0) is 36.8 Å². The Kier molecular flexibility index (Phi) is 5.12. The van der Waals surface area contributed by atoms with E-state index in [-0.39, 0.29) is 17.4 Å². The van der Waals surface area contributed by atoms with Crippen molar-refractivity contribution in [3.63, 3.8) is 0 Å². The zero-order chi connectivity index (χ0) is 18.5. The third-order valence-electron chi connectivity index (χ3n) is 3.56. The highest BCUT2D eigenvalue weighted by Crippen LogP contribution is 2.23. The van der Waals surface area contributed by atoms with Gasteiger partial charge >= 0.3 is 11.9 Å². The van der Waals surface area contributed by atoms with Crippen molar-refractivity contribution in [2.24, 2.45) is 4.99 Å². The summed E-state index contributed by atoms with van der Waals surface area (Å²) in [6.45, 7) is 2.74. The second kappa shape index (κ2) is 7.64. The zero-order valence-electron chi connectivity index (χ0n) is 14.0. The van der Waals surface area contributed by atoms with Gasteiger partial charge in [-0.2, -0.15) is 0 Å². The molecular weight excluding hydrogens is 340 g/mol. The van der Waals surface area contributed by atoms with Crippen LogP contribution in [0.25, 0.3) is 6.08 Å². The van der Waals surface area contributed by atoms with Gasteiger partial charge in [0.05, 0.1) is 12.7 Å². The van der Waals surface area contributed by atoms with E-state index in [9.17, 15) is 14.9 Å². The third kappa shape index (κ3) is 3.97. The topological polar surface area (TPSA) is 104 Å². The molecule has 1 aromatic carbocycles. The maximum Gasteiger partial charge on any atom is 0.433 e. The molecule has 0 radical (unpaired) electrons. The number of rotatable bonds is 7.